The van der Waals surface area contributed by atoms with Crippen molar-refractivity contribution >= 4 is 17.9 Å². The summed E-state index contributed by atoms with van der Waals surface area (Å²) >= 11 is 0. The molecule has 0 bridgehead atoms. The van der Waals surface area contributed by atoms with Gasteiger partial charge in [-0.25, -0.2) is 0 Å². The SMILES string of the molecule is CCCCC/C=C\C/C=C\CCCCCCCCCCCC(=O)OC[C@@H](COC(=O)CCCCCCCCCCCC)OC(=O)CCCCCCCCC/C=C\C/C=C\CCCCC. The normalized spacial score (nSPS) is 12.4. The minimum Gasteiger partial charge on any atom is -0.462 e. The zero-order chi connectivity index (χ0) is 46.5. The zero-order valence-corrected chi connectivity index (χ0v) is 42.6. The third-order valence-corrected chi connectivity index (χ3v) is 12.1. The molecular weight excluding hydrogens is 793 g/mol. The number of ether oxygens (including phenoxy) is 3. The molecule has 1 atom stereocenters. The van der Waals surface area contributed by atoms with Gasteiger partial charge in [0.15, 0.2) is 6.10 Å². The highest BCUT2D eigenvalue weighted by Crippen LogP contribution is 2.15. The molecule has 0 fully saturated rings. The van der Waals surface area contributed by atoms with Crippen LogP contribution >= 0.6 is 0 Å². The molecule has 0 saturated carbocycles. The summed E-state index contributed by atoms with van der Waals surface area (Å²) in [5.41, 5.74) is 0. The second-order valence-electron chi connectivity index (χ2n) is 18.5. The van der Waals surface area contributed by atoms with Crippen molar-refractivity contribution in [3.63, 3.8) is 0 Å². The van der Waals surface area contributed by atoms with Crippen LogP contribution in [0.5, 0.6) is 0 Å². The Balaban J connectivity index is 4.32. The molecule has 0 unspecified atom stereocenters. The van der Waals surface area contributed by atoms with Crippen molar-refractivity contribution in [1.29, 1.82) is 0 Å². The molecule has 0 amide bonds. The molecule has 0 saturated heterocycles. The fraction of sp³-hybridized carbons (Fsp3) is 0.810. The predicted octanol–water partition coefficient (Wildman–Crippen LogP) is 18.3. The highest BCUT2D eigenvalue weighted by molar-refractivity contribution is 5.71. The van der Waals surface area contributed by atoms with E-state index in [1.807, 2.05) is 0 Å². The van der Waals surface area contributed by atoms with Gasteiger partial charge in [-0.15, -0.1) is 0 Å². The molecule has 0 N–H and O–H groups in total. The Labute approximate surface area is 397 Å². The predicted molar refractivity (Wildman–Crippen MR) is 275 cm³/mol. The monoisotopic (exact) mass is 897 g/mol. The molecule has 0 spiro atoms. The van der Waals surface area contributed by atoms with Gasteiger partial charge in [0.1, 0.15) is 13.2 Å². The first kappa shape index (κ1) is 61.4. The van der Waals surface area contributed by atoms with Crippen LogP contribution in [0.15, 0.2) is 48.6 Å². The lowest BCUT2D eigenvalue weighted by atomic mass is 10.1. The van der Waals surface area contributed by atoms with E-state index in [9.17, 15) is 14.4 Å². The van der Waals surface area contributed by atoms with Crippen molar-refractivity contribution in [3.8, 4) is 0 Å². The van der Waals surface area contributed by atoms with Crippen LogP contribution in [0.2, 0.25) is 0 Å². The molecule has 0 radical (unpaired) electrons. The van der Waals surface area contributed by atoms with E-state index in [1.54, 1.807) is 0 Å². The largest absolute Gasteiger partial charge is 0.462 e. The van der Waals surface area contributed by atoms with Crippen LogP contribution in [0.4, 0.5) is 0 Å². The van der Waals surface area contributed by atoms with Gasteiger partial charge in [0, 0.05) is 19.3 Å². The van der Waals surface area contributed by atoms with Gasteiger partial charge >= 0.3 is 17.9 Å². The summed E-state index contributed by atoms with van der Waals surface area (Å²) in [6, 6.07) is 0. The maximum absolute atomic E-state index is 12.8. The average Bonchev–Trinajstić information content (AvgIpc) is 3.29. The number of carbonyl (C=O) groups is 3. The van der Waals surface area contributed by atoms with E-state index < -0.39 is 6.10 Å². The van der Waals surface area contributed by atoms with Crippen LogP contribution in [0.1, 0.15) is 284 Å². The van der Waals surface area contributed by atoms with E-state index in [-0.39, 0.29) is 31.1 Å². The first-order valence-electron chi connectivity index (χ1n) is 27.6. The van der Waals surface area contributed by atoms with Gasteiger partial charge in [-0.2, -0.15) is 0 Å². The van der Waals surface area contributed by atoms with Gasteiger partial charge in [-0.3, -0.25) is 14.4 Å². The van der Waals surface area contributed by atoms with Crippen LogP contribution in [-0.4, -0.2) is 37.2 Å². The number of hydrogen-bond acceptors (Lipinski definition) is 6. The molecule has 0 aliphatic heterocycles. The summed E-state index contributed by atoms with van der Waals surface area (Å²) in [5.74, 6) is -0.879. The topological polar surface area (TPSA) is 78.9 Å². The Morgan fingerprint density at radius 2 is 0.562 bits per heavy atom. The van der Waals surface area contributed by atoms with Gasteiger partial charge in [0.2, 0.25) is 0 Å². The number of allylic oxidation sites excluding steroid dienone is 8. The summed E-state index contributed by atoms with van der Waals surface area (Å²) in [4.78, 5) is 38.0. The number of carbonyl (C=O) groups excluding carboxylic acids is 3. The molecule has 0 aliphatic rings. The summed E-state index contributed by atoms with van der Waals surface area (Å²) < 4.78 is 16.8. The quantitative estimate of drug-likeness (QED) is 0.0262. The van der Waals surface area contributed by atoms with Gasteiger partial charge in [-0.05, 0) is 83.5 Å². The van der Waals surface area contributed by atoms with Gasteiger partial charge in [0.25, 0.3) is 0 Å². The van der Waals surface area contributed by atoms with Crippen molar-refractivity contribution in [1.82, 2.24) is 0 Å². The molecule has 0 aromatic rings. The Kier molecular flexibility index (Phi) is 50.8. The van der Waals surface area contributed by atoms with Crippen molar-refractivity contribution < 1.29 is 28.6 Å². The highest BCUT2D eigenvalue weighted by Gasteiger charge is 2.19. The Morgan fingerprint density at radius 3 is 0.891 bits per heavy atom. The Bertz CT molecular complexity index is 1120. The molecule has 0 aromatic carbocycles. The van der Waals surface area contributed by atoms with E-state index in [0.29, 0.717) is 19.3 Å². The summed E-state index contributed by atoms with van der Waals surface area (Å²) in [7, 11) is 0. The van der Waals surface area contributed by atoms with Crippen LogP contribution in [0.25, 0.3) is 0 Å². The Morgan fingerprint density at radius 1 is 0.312 bits per heavy atom. The second kappa shape index (κ2) is 53.0. The number of rotatable bonds is 50. The van der Waals surface area contributed by atoms with E-state index in [0.717, 1.165) is 77.0 Å². The number of esters is 3. The molecule has 0 heterocycles. The van der Waals surface area contributed by atoms with Crippen molar-refractivity contribution in [2.24, 2.45) is 0 Å². The lowest BCUT2D eigenvalue weighted by Crippen LogP contribution is -2.30. The minimum atomic E-state index is -0.776. The first-order chi connectivity index (χ1) is 31.5. The standard InChI is InChI=1S/C58H104O6/c1-4-7-10-13-16-19-22-24-26-28-29-31-32-34-36-39-42-45-48-51-57(60)63-54-55(53-62-56(59)50-47-44-41-38-21-18-15-12-9-6-3)64-58(61)52-49-46-43-40-37-35-33-30-27-25-23-20-17-14-11-8-5-2/h16-17,19-20,24-27,55H,4-15,18,21-23,28-54H2,1-3H3/b19-16-,20-17-,26-24-,27-25-/t55-/m1/s1. The smallest absolute Gasteiger partial charge is 0.306 e. The lowest BCUT2D eigenvalue weighted by molar-refractivity contribution is -0.167. The minimum absolute atomic E-state index is 0.0753. The average molecular weight is 897 g/mol. The molecule has 0 aliphatic carbocycles. The van der Waals surface area contributed by atoms with E-state index in [2.05, 4.69) is 69.4 Å². The number of unbranched alkanes of at least 4 members (excludes halogenated alkanes) is 31. The van der Waals surface area contributed by atoms with Gasteiger partial charge < -0.3 is 14.2 Å². The molecule has 6 heteroatoms. The summed E-state index contributed by atoms with van der Waals surface area (Å²) in [5, 5.41) is 0. The van der Waals surface area contributed by atoms with Gasteiger partial charge in [0.05, 0.1) is 0 Å². The van der Waals surface area contributed by atoms with Crippen LogP contribution < -0.4 is 0 Å². The van der Waals surface area contributed by atoms with Crippen molar-refractivity contribution in [2.75, 3.05) is 13.2 Å². The second-order valence-corrected chi connectivity index (χ2v) is 18.5. The van der Waals surface area contributed by atoms with Crippen LogP contribution in [0.3, 0.4) is 0 Å². The lowest BCUT2D eigenvalue weighted by Gasteiger charge is -2.18. The van der Waals surface area contributed by atoms with Crippen LogP contribution in [-0.2, 0) is 28.6 Å². The van der Waals surface area contributed by atoms with Crippen molar-refractivity contribution in [3.05, 3.63) is 48.6 Å². The molecule has 64 heavy (non-hydrogen) atoms. The zero-order valence-electron chi connectivity index (χ0n) is 42.6. The van der Waals surface area contributed by atoms with Crippen molar-refractivity contribution in [2.45, 2.75) is 290 Å². The third-order valence-electron chi connectivity index (χ3n) is 12.1. The number of hydrogen-bond donors (Lipinski definition) is 0. The summed E-state index contributed by atoms with van der Waals surface area (Å²) in [6.45, 7) is 6.59. The van der Waals surface area contributed by atoms with Gasteiger partial charge in [-0.1, -0.05) is 230 Å². The first-order valence-corrected chi connectivity index (χ1v) is 27.6. The molecule has 6 nitrogen and oxygen atoms in total. The van der Waals surface area contributed by atoms with E-state index >= 15 is 0 Å². The summed E-state index contributed by atoms with van der Waals surface area (Å²) in [6.07, 6.45) is 63.8. The highest BCUT2D eigenvalue weighted by atomic mass is 16.6. The van der Waals surface area contributed by atoms with E-state index in [4.69, 9.17) is 14.2 Å². The maximum atomic E-state index is 12.8. The molecule has 372 valence electrons. The molecule has 0 rings (SSSR count). The fourth-order valence-corrected chi connectivity index (χ4v) is 7.86. The van der Waals surface area contributed by atoms with Crippen LogP contribution in [0, 0.1) is 0 Å². The molecular formula is C58H104O6. The third kappa shape index (κ3) is 50.4. The molecule has 0 aromatic heterocycles. The van der Waals surface area contributed by atoms with E-state index in [1.165, 1.54) is 167 Å². The maximum Gasteiger partial charge on any atom is 0.306 e. The fourth-order valence-electron chi connectivity index (χ4n) is 7.86. The Hall–Kier alpha value is -2.63.